The fourth-order valence-electron chi connectivity index (χ4n) is 2.86. The molecule has 0 aliphatic carbocycles. The van der Waals surface area contributed by atoms with Crippen molar-refractivity contribution in [3.63, 3.8) is 0 Å². The predicted molar refractivity (Wildman–Crippen MR) is 82.5 cm³/mol. The molecule has 2 saturated heterocycles. The van der Waals surface area contributed by atoms with Crippen LogP contribution in [0.4, 0.5) is 0 Å². The summed E-state index contributed by atoms with van der Waals surface area (Å²) in [4.78, 5) is 25.4. The Morgan fingerprint density at radius 3 is 2.83 bits per heavy atom. The Bertz CT molecular complexity index is 786. The third kappa shape index (κ3) is 3.01. The lowest BCUT2D eigenvalue weighted by Crippen LogP contribution is -2.55. The molecule has 11 heteroatoms. The van der Waals surface area contributed by atoms with Gasteiger partial charge in [0.1, 0.15) is 12.2 Å². The van der Waals surface area contributed by atoms with Crippen molar-refractivity contribution in [3.8, 4) is 0 Å². The first-order valence-electron chi connectivity index (χ1n) is 7.49. The van der Waals surface area contributed by atoms with E-state index >= 15 is 0 Å². The average molecular weight is 361 g/mol. The van der Waals surface area contributed by atoms with Gasteiger partial charge in [-0.15, -0.1) is 0 Å². The average Bonchev–Trinajstić information content (AvgIpc) is 2.69. The van der Waals surface area contributed by atoms with Crippen molar-refractivity contribution < 1.29 is 22.9 Å². The number of aromatic nitrogens is 2. The predicted octanol–water partition coefficient (Wildman–Crippen LogP) is 0.0999. The van der Waals surface area contributed by atoms with Gasteiger partial charge in [-0.05, 0) is 20.8 Å². The minimum atomic E-state index is -3.76. The van der Waals surface area contributed by atoms with Crippen LogP contribution in [0.1, 0.15) is 27.0 Å². The number of fused-ring (bicyclic) bond motifs is 1. The van der Waals surface area contributed by atoms with Crippen molar-refractivity contribution in [3.05, 3.63) is 33.1 Å². The number of ether oxygens (including phenoxy) is 1. The fraction of sp³-hybridized carbons (Fsp3) is 0.692. The van der Waals surface area contributed by atoms with E-state index in [1.54, 1.807) is 20.8 Å². The number of hydrogen-bond donors (Lipinski definition) is 2. The van der Waals surface area contributed by atoms with Gasteiger partial charge in [0.25, 0.3) is 5.56 Å². The first-order valence-corrected chi connectivity index (χ1v) is 8.95. The largest absolute Gasteiger partial charge is 0.475 e. The summed E-state index contributed by atoms with van der Waals surface area (Å²) in [6.07, 6.45) is -1.43. The Morgan fingerprint density at radius 2 is 2.21 bits per heavy atom. The number of nitrogens with two attached hydrogens (primary N) is 1. The van der Waals surface area contributed by atoms with Gasteiger partial charge in [-0.3, -0.25) is 27.9 Å². The van der Waals surface area contributed by atoms with Crippen LogP contribution in [-0.4, -0.2) is 40.0 Å². The fourth-order valence-corrected chi connectivity index (χ4v) is 4.52. The van der Waals surface area contributed by atoms with Crippen LogP contribution in [0.25, 0.3) is 0 Å². The molecule has 3 N–H and O–H groups in total. The van der Waals surface area contributed by atoms with Gasteiger partial charge in [-0.1, -0.05) is 0 Å². The normalized spacial score (nSPS) is 39.1. The molecule has 1 aromatic rings. The van der Waals surface area contributed by atoms with Crippen molar-refractivity contribution in [2.45, 2.75) is 50.8 Å². The Kier molecular flexibility index (Phi) is 4.31. The van der Waals surface area contributed by atoms with Gasteiger partial charge in [0.2, 0.25) is 0 Å². The quantitative estimate of drug-likeness (QED) is 0.724. The van der Waals surface area contributed by atoms with Crippen LogP contribution in [0.3, 0.4) is 0 Å². The minimum absolute atomic E-state index is 0.0456. The SMILES string of the molecule is CC(C)OP1(=O)OC[C@H]2O[C@H](n3ccc(=O)[nH]c3=O)[C@](C)(N)[C@@H]2O1. The number of nitrogens with zero attached hydrogens (tertiary/aromatic N) is 1. The highest BCUT2D eigenvalue weighted by molar-refractivity contribution is 7.48. The van der Waals surface area contributed by atoms with E-state index in [0.717, 1.165) is 4.57 Å². The van der Waals surface area contributed by atoms with Gasteiger partial charge in [-0.2, -0.15) is 0 Å². The molecule has 0 amide bonds. The van der Waals surface area contributed by atoms with E-state index in [0.29, 0.717) is 0 Å². The number of rotatable bonds is 3. The molecule has 1 aromatic heterocycles. The maximum absolute atomic E-state index is 12.5. The molecule has 0 spiro atoms. The third-order valence-electron chi connectivity index (χ3n) is 3.87. The third-order valence-corrected chi connectivity index (χ3v) is 5.50. The van der Waals surface area contributed by atoms with E-state index in [1.165, 1.54) is 12.3 Å². The highest BCUT2D eigenvalue weighted by Crippen LogP contribution is 2.58. The van der Waals surface area contributed by atoms with Crippen LogP contribution in [0, 0.1) is 0 Å². The smallest absolute Gasteiger partial charge is 0.347 e. The van der Waals surface area contributed by atoms with E-state index in [4.69, 9.17) is 24.0 Å². The molecule has 10 nitrogen and oxygen atoms in total. The van der Waals surface area contributed by atoms with E-state index in [1.807, 2.05) is 0 Å². The highest BCUT2D eigenvalue weighted by atomic mass is 31.2. The molecule has 24 heavy (non-hydrogen) atoms. The van der Waals surface area contributed by atoms with Crippen molar-refractivity contribution >= 4 is 7.82 Å². The molecular weight excluding hydrogens is 341 g/mol. The zero-order chi connectivity index (χ0) is 17.7. The number of phosphoric acid groups is 1. The molecule has 0 radical (unpaired) electrons. The van der Waals surface area contributed by atoms with Crippen LogP contribution < -0.4 is 17.0 Å². The van der Waals surface area contributed by atoms with Gasteiger partial charge in [0.05, 0.1) is 18.2 Å². The Balaban J connectivity index is 1.91. The molecule has 2 aliphatic rings. The summed E-state index contributed by atoms with van der Waals surface area (Å²) in [5.41, 5.74) is 3.94. The van der Waals surface area contributed by atoms with Gasteiger partial charge in [0.15, 0.2) is 6.23 Å². The zero-order valence-corrected chi connectivity index (χ0v) is 14.4. The Morgan fingerprint density at radius 1 is 1.50 bits per heavy atom. The lowest BCUT2D eigenvalue weighted by molar-refractivity contribution is -0.0749. The summed E-state index contributed by atoms with van der Waals surface area (Å²) in [7, 11) is -3.76. The maximum atomic E-state index is 12.5. The van der Waals surface area contributed by atoms with Crippen molar-refractivity contribution in [1.29, 1.82) is 0 Å². The van der Waals surface area contributed by atoms with Crippen molar-refractivity contribution in [2.24, 2.45) is 5.73 Å². The summed E-state index contributed by atoms with van der Waals surface area (Å²) in [6.45, 7) is 4.98. The van der Waals surface area contributed by atoms with Gasteiger partial charge in [-0.25, -0.2) is 9.36 Å². The van der Waals surface area contributed by atoms with E-state index < -0.39 is 43.0 Å². The summed E-state index contributed by atoms with van der Waals surface area (Å²) in [6, 6.07) is 1.19. The van der Waals surface area contributed by atoms with Crippen LogP contribution in [-0.2, 0) is 22.9 Å². The first-order chi connectivity index (χ1) is 11.1. The van der Waals surface area contributed by atoms with Crippen LogP contribution in [0.5, 0.6) is 0 Å². The molecule has 5 atom stereocenters. The molecule has 134 valence electrons. The molecule has 1 unspecified atom stereocenters. The molecule has 0 aromatic carbocycles. The number of phosphoric ester groups is 1. The topological polar surface area (TPSA) is 135 Å². The monoisotopic (exact) mass is 361 g/mol. The summed E-state index contributed by atoms with van der Waals surface area (Å²) < 4.78 is 35.4. The number of hydrogen-bond acceptors (Lipinski definition) is 8. The number of nitrogens with one attached hydrogen (secondary N) is 1. The molecule has 3 rings (SSSR count). The Labute approximate surface area is 137 Å². The van der Waals surface area contributed by atoms with Crippen LogP contribution in [0.15, 0.2) is 21.9 Å². The van der Waals surface area contributed by atoms with Gasteiger partial charge >= 0.3 is 13.5 Å². The van der Waals surface area contributed by atoms with Crippen LogP contribution >= 0.6 is 7.82 Å². The molecule has 2 fully saturated rings. The van der Waals surface area contributed by atoms with E-state index in [-0.39, 0.29) is 12.7 Å². The number of aromatic amines is 1. The second-order valence-electron chi connectivity index (χ2n) is 6.33. The molecule has 0 saturated carbocycles. The second kappa shape index (κ2) is 5.91. The second-order valence-corrected chi connectivity index (χ2v) is 7.91. The molecule has 0 bridgehead atoms. The summed E-state index contributed by atoms with van der Waals surface area (Å²) in [5, 5.41) is 0. The molecule has 3 heterocycles. The van der Waals surface area contributed by atoms with Crippen LogP contribution in [0.2, 0.25) is 0 Å². The minimum Gasteiger partial charge on any atom is -0.347 e. The Hall–Kier alpha value is -1.29. The maximum Gasteiger partial charge on any atom is 0.475 e. The lowest BCUT2D eigenvalue weighted by atomic mass is 9.93. The standard InChI is InChI=1S/C13H20N3O7P/c1-7(2)22-24(19)20-6-8-10(23-24)13(3,14)11(21-8)16-5-4-9(17)15-12(16)18/h4-5,7-8,10-11H,6,14H2,1-3H3,(H,15,17,18)/t8-,10-,11+,13-,24?/m1/s1. The van der Waals surface area contributed by atoms with Crippen molar-refractivity contribution in [1.82, 2.24) is 9.55 Å². The number of H-pyrrole nitrogens is 1. The van der Waals surface area contributed by atoms with Gasteiger partial charge in [0, 0.05) is 12.3 Å². The van der Waals surface area contributed by atoms with Gasteiger partial charge < -0.3 is 10.5 Å². The lowest BCUT2D eigenvalue weighted by Gasteiger charge is -2.36. The van der Waals surface area contributed by atoms with E-state index in [9.17, 15) is 14.2 Å². The van der Waals surface area contributed by atoms with Crippen molar-refractivity contribution in [2.75, 3.05) is 6.61 Å². The summed E-state index contributed by atoms with van der Waals surface area (Å²) >= 11 is 0. The molecular formula is C13H20N3O7P. The first kappa shape index (κ1) is 17.5. The van der Waals surface area contributed by atoms with E-state index in [2.05, 4.69) is 4.98 Å². The molecule has 2 aliphatic heterocycles. The summed E-state index contributed by atoms with van der Waals surface area (Å²) in [5.74, 6) is 0. The highest BCUT2D eigenvalue weighted by Gasteiger charge is 2.59. The zero-order valence-electron chi connectivity index (χ0n) is 13.5.